The number of Topliss-reactive ketones (excluding diaryl/α,β-unsaturated/α-hetero) is 1. The zero-order valence-corrected chi connectivity index (χ0v) is 17.0. The van der Waals surface area contributed by atoms with Crippen molar-refractivity contribution in [2.24, 2.45) is 34.5 Å². The number of hydrogen-bond acceptors (Lipinski definition) is 4. The fourth-order valence-corrected chi connectivity index (χ4v) is 8.69. The lowest BCUT2D eigenvalue weighted by atomic mass is 9.45. The van der Waals surface area contributed by atoms with E-state index < -0.39 is 5.79 Å². The van der Waals surface area contributed by atoms with E-state index in [4.69, 9.17) is 4.74 Å². The third-order valence-corrected chi connectivity index (χ3v) is 10.3. The molecule has 4 nitrogen and oxygen atoms in total. The first-order chi connectivity index (χ1) is 12.9. The van der Waals surface area contributed by atoms with Crippen molar-refractivity contribution in [3.63, 3.8) is 0 Å². The summed E-state index contributed by atoms with van der Waals surface area (Å²) < 4.78 is 5.71. The van der Waals surface area contributed by atoms with Crippen molar-refractivity contribution < 1.29 is 14.6 Å². The molecular formula is C23H35NO3. The first kappa shape index (κ1) is 17.4. The van der Waals surface area contributed by atoms with Crippen LogP contribution in [0.5, 0.6) is 0 Å². The molecule has 27 heavy (non-hydrogen) atoms. The molecule has 0 amide bonds. The quantitative estimate of drug-likeness (QED) is 0.716. The van der Waals surface area contributed by atoms with E-state index in [1.807, 2.05) is 0 Å². The van der Waals surface area contributed by atoms with Gasteiger partial charge < -0.3 is 9.84 Å². The molecule has 2 aliphatic heterocycles. The predicted molar refractivity (Wildman–Crippen MR) is 102 cm³/mol. The van der Waals surface area contributed by atoms with Crippen molar-refractivity contribution in [3.05, 3.63) is 0 Å². The smallest absolute Gasteiger partial charge is 0.193 e. The average Bonchev–Trinajstić information content (AvgIpc) is 2.98. The van der Waals surface area contributed by atoms with Crippen LogP contribution >= 0.6 is 0 Å². The topological polar surface area (TPSA) is 53.1 Å². The molecule has 6 rings (SSSR count). The molecule has 0 aromatic heterocycles. The predicted octanol–water partition coefficient (Wildman–Crippen LogP) is 3.37. The highest BCUT2D eigenvalue weighted by Gasteiger charge is 2.69. The maximum Gasteiger partial charge on any atom is 0.193 e. The second kappa shape index (κ2) is 5.37. The molecule has 6 fully saturated rings. The zero-order valence-electron chi connectivity index (χ0n) is 17.0. The van der Waals surface area contributed by atoms with Gasteiger partial charge in [-0.2, -0.15) is 0 Å². The molecule has 0 aromatic rings. The lowest BCUT2D eigenvalue weighted by molar-refractivity contribution is -0.143. The van der Waals surface area contributed by atoms with Gasteiger partial charge in [-0.3, -0.25) is 9.69 Å². The molecule has 1 N–H and O–H groups in total. The van der Waals surface area contributed by atoms with E-state index in [1.165, 1.54) is 32.1 Å². The summed E-state index contributed by atoms with van der Waals surface area (Å²) in [5.41, 5.74) is 0.218. The third-order valence-electron chi connectivity index (χ3n) is 10.3. The van der Waals surface area contributed by atoms with Crippen molar-refractivity contribution in [3.8, 4) is 0 Å². The van der Waals surface area contributed by atoms with Crippen LogP contribution in [0, 0.1) is 34.5 Å². The van der Waals surface area contributed by atoms with Gasteiger partial charge in [-0.1, -0.05) is 13.8 Å². The summed E-state index contributed by atoms with van der Waals surface area (Å²) in [5, 5.41) is 10.5. The number of carbonyl (C=O) groups is 1. The fourth-order valence-electron chi connectivity index (χ4n) is 8.69. The van der Waals surface area contributed by atoms with Gasteiger partial charge in [-0.05, 0) is 93.5 Å². The minimum absolute atomic E-state index is 0.0772. The Bertz CT molecular complexity index is 675. The van der Waals surface area contributed by atoms with Gasteiger partial charge in [0, 0.05) is 11.8 Å². The first-order valence-electron chi connectivity index (χ1n) is 11.5. The van der Waals surface area contributed by atoms with Crippen LogP contribution in [0.25, 0.3) is 0 Å². The molecular weight excluding hydrogens is 338 g/mol. The Morgan fingerprint density at radius 1 is 1.07 bits per heavy atom. The van der Waals surface area contributed by atoms with E-state index in [2.05, 4.69) is 18.7 Å². The van der Waals surface area contributed by atoms with Gasteiger partial charge in [0.15, 0.2) is 11.6 Å². The number of likely N-dealkylation sites (tertiary alicyclic amines) is 1. The normalized spacial score (nSPS) is 59.7. The minimum Gasteiger partial charge on any atom is -0.363 e. The number of carbonyl (C=O) groups excluding carboxylic acids is 1. The number of rotatable bonds is 1. The number of aliphatic hydroxyl groups is 1. The summed E-state index contributed by atoms with van der Waals surface area (Å²) >= 11 is 0. The summed E-state index contributed by atoms with van der Waals surface area (Å²) in [5.74, 6) is 2.37. The van der Waals surface area contributed by atoms with Gasteiger partial charge in [0.2, 0.25) is 0 Å². The fraction of sp³-hybridized carbons (Fsp3) is 0.957. The summed E-state index contributed by atoms with van der Waals surface area (Å²) in [6.07, 6.45) is 10.3. The Kier molecular flexibility index (Phi) is 3.46. The van der Waals surface area contributed by atoms with Crippen LogP contribution in [0.1, 0.15) is 71.6 Å². The van der Waals surface area contributed by atoms with Crippen molar-refractivity contribution >= 4 is 5.78 Å². The highest BCUT2D eigenvalue weighted by Crippen LogP contribution is 2.68. The molecule has 4 heteroatoms. The standard InChI is InChI=1S/C23H35NO3/c1-21-8-7-16-15(17(21)11-18(20(21)25)24-9-3-4-10-24)6-5-14-12-23(26)19(27-23)13-22(14,16)2/h14-19,26H,3-13H2,1-2H3/t14-,15+,16-,17-,18+,19?,21-,22-,23+/m0/s1. The number of ether oxygens (including phenoxy) is 1. The average molecular weight is 374 g/mol. The summed E-state index contributed by atoms with van der Waals surface area (Å²) in [4.78, 5) is 16.0. The van der Waals surface area contributed by atoms with Crippen molar-refractivity contribution in [1.29, 1.82) is 0 Å². The van der Waals surface area contributed by atoms with Crippen LogP contribution in [0.15, 0.2) is 0 Å². The van der Waals surface area contributed by atoms with Crippen LogP contribution in [-0.4, -0.2) is 46.8 Å². The molecule has 0 radical (unpaired) electrons. The molecule has 6 aliphatic rings. The largest absolute Gasteiger partial charge is 0.363 e. The van der Waals surface area contributed by atoms with E-state index in [0.717, 1.165) is 38.8 Å². The molecule has 2 heterocycles. The number of nitrogens with zero attached hydrogens (tertiary/aromatic N) is 1. The molecule has 0 aromatic carbocycles. The molecule has 150 valence electrons. The van der Waals surface area contributed by atoms with Crippen LogP contribution in [0.2, 0.25) is 0 Å². The lowest BCUT2D eigenvalue weighted by Gasteiger charge is -2.59. The van der Waals surface area contributed by atoms with Crippen molar-refractivity contribution in [2.45, 2.75) is 89.6 Å². The number of epoxide rings is 1. The minimum atomic E-state index is -0.787. The Hall–Kier alpha value is -0.450. The van der Waals surface area contributed by atoms with Crippen LogP contribution in [-0.2, 0) is 9.53 Å². The maximum absolute atomic E-state index is 13.5. The SMILES string of the molecule is C[C@]12CC3O[C@]3(O)C[C@@H]1CC[C@@H]1[C@@H]2CC[C@]2(C)C(=O)[C@H](N3CCCC3)C[C@@H]12. The monoisotopic (exact) mass is 373 g/mol. The van der Waals surface area contributed by atoms with Crippen LogP contribution in [0.4, 0.5) is 0 Å². The maximum atomic E-state index is 13.5. The van der Waals surface area contributed by atoms with Gasteiger partial charge >= 0.3 is 0 Å². The van der Waals surface area contributed by atoms with Gasteiger partial charge in [-0.15, -0.1) is 0 Å². The lowest BCUT2D eigenvalue weighted by Crippen LogP contribution is -2.54. The highest BCUT2D eigenvalue weighted by molar-refractivity contribution is 5.92. The highest BCUT2D eigenvalue weighted by atomic mass is 16.7. The first-order valence-corrected chi connectivity index (χ1v) is 11.5. The summed E-state index contributed by atoms with van der Waals surface area (Å²) in [6.45, 7) is 7.06. The molecule has 4 aliphatic carbocycles. The van der Waals surface area contributed by atoms with Crippen molar-refractivity contribution in [1.82, 2.24) is 4.90 Å². The molecule has 1 unspecified atom stereocenters. The Morgan fingerprint density at radius 3 is 2.63 bits per heavy atom. The van der Waals surface area contributed by atoms with E-state index in [1.54, 1.807) is 0 Å². The Balaban J connectivity index is 1.29. The zero-order chi connectivity index (χ0) is 18.6. The molecule has 0 bridgehead atoms. The van der Waals surface area contributed by atoms with Crippen molar-refractivity contribution in [2.75, 3.05) is 13.1 Å². The van der Waals surface area contributed by atoms with E-state index in [9.17, 15) is 9.90 Å². The van der Waals surface area contributed by atoms with Crippen LogP contribution in [0.3, 0.4) is 0 Å². The van der Waals surface area contributed by atoms with Gasteiger partial charge in [-0.25, -0.2) is 0 Å². The van der Waals surface area contributed by atoms with E-state index >= 15 is 0 Å². The number of fused-ring (bicyclic) bond motifs is 6. The van der Waals surface area contributed by atoms with E-state index in [-0.39, 0.29) is 17.6 Å². The Morgan fingerprint density at radius 2 is 1.85 bits per heavy atom. The second-order valence-electron chi connectivity index (χ2n) is 11.3. The molecule has 0 spiro atoms. The molecule has 9 atom stereocenters. The van der Waals surface area contributed by atoms with E-state index in [0.29, 0.717) is 34.9 Å². The second-order valence-corrected chi connectivity index (χ2v) is 11.3. The van der Waals surface area contributed by atoms with Gasteiger partial charge in [0.1, 0.15) is 6.10 Å². The Labute approximate surface area is 163 Å². The summed E-state index contributed by atoms with van der Waals surface area (Å²) in [6, 6.07) is 0.204. The third kappa shape index (κ3) is 2.18. The van der Waals surface area contributed by atoms with Gasteiger partial charge in [0.25, 0.3) is 0 Å². The number of ketones is 1. The summed E-state index contributed by atoms with van der Waals surface area (Å²) in [7, 11) is 0. The molecule has 2 saturated heterocycles. The molecule has 4 saturated carbocycles. The van der Waals surface area contributed by atoms with Crippen LogP contribution < -0.4 is 0 Å². The van der Waals surface area contributed by atoms with Gasteiger partial charge in [0.05, 0.1) is 6.04 Å². The number of hydrogen-bond donors (Lipinski definition) is 1.